The molecule has 1 atom stereocenters. The van der Waals surface area contributed by atoms with Crippen molar-refractivity contribution in [3.63, 3.8) is 0 Å². The van der Waals surface area contributed by atoms with E-state index < -0.39 is 0 Å². The molecule has 1 aromatic rings. The number of aliphatic imine (C=N–C) groups is 1. The first-order valence-electron chi connectivity index (χ1n) is 12.2. The zero-order valence-corrected chi connectivity index (χ0v) is 21.7. The van der Waals surface area contributed by atoms with Gasteiger partial charge < -0.3 is 20.4 Å². The normalized spacial score (nSPS) is 22.4. The Kier molecular flexibility index (Phi) is 9.87. The molecule has 1 aliphatic carbocycles. The first kappa shape index (κ1) is 25.1. The molecule has 0 bridgehead atoms. The summed E-state index contributed by atoms with van der Waals surface area (Å²) in [6.07, 6.45) is 12.7. The van der Waals surface area contributed by atoms with E-state index in [1.54, 1.807) is 7.05 Å². The Hall–Kier alpha value is -1.58. The van der Waals surface area contributed by atoms with Gasteiger partial charge in [-0.15, -0.1) is 24.0 Å². The van der Waals surface area contributed by atoms with Crippen molar-refractivity contribution < 1.29 is 4.79 Å². The number of carbonyl (C=O) groups is 1. The molecule has 4 rings (SSSR count). The topological polar surface area (TPSA) is 72.9 Å². The number of halogens is 1. The van der Waals surface area contributed by atoms with Crippen molar-refractivity contribution in [2.75, 3.05) is 38.1 Å². The molecule has 0 radical (unpaired) electrons. The van der Waals surface area contributed by atoms with Crippen LogP contribution in [0, 0.1) is 5.92 Å². The molecular weight excluding hydrogens is 515 g/mol. The van der Waals surface area contributed by atoms with Crippen LogP contribution in [0.3, 0.4) is 0 Å². The van der Waals surface area contributed by atoms with Crippen LogP contribution in [0.1, 0.15) is 63.4 Å². The van der Waals surface area contributed by atoms with Gasteiger partial charge in [0.2, 0.25) is 5.91 Å². The van der Waals surface area contributed by atoms with E-state index in [0.29, 0.717) is 12.5 Å². The minimum Gasteiger partial charge on any atom is -0.357 e. The van der Waals surface area contributed by atoms with Gasteiger partial charge in [-0.05, 0) is 43.7 Å². The first-order valence-corrected chi connectivity index (χ1v) is 12.2. The van der Waals surface area contributed by atoms with Crippen LogP contribution in [-0.2, 0) is 11.3 Å². The van der Waals surface area contributed by atoms with Crippen LogP contribution in [0.15, 0.2) is 23.3 Å². The molecule has 2 aliphatic heterocycles. The number of hydrogen-bond acceptors (Lipinski definition) is 4. The van der Waals surface area contributed by atoms with Crippen LogP contribution in [0.5, 0.6) is 0 Å². The molecule has 2 saturated heterocycles. The van der Waals surface area contributed by atoms with Crippen molar-refractivity contribution in [3.05, 3.63) is 23.9 Å². The number of rotatable bonds is 5. The standard InChI is InChI=1S/C24H38N6O.HI/c1-25-24(28-21-12-15-30(18-21)23(31)20-8-4-5-9-20)27-17-19-10-11-22(26-16-19)29-13-6-2-3-7-14-29;/h10-11,16,20-21H,2-9,12-15,17-18H2,1H3,(H2,25,27,28);1H. The summed E-state index contributed by atoms with van der Waals surface area (Å²) in [5, 5.41) is 6.90. The zero-order valence-electron chi connectivity index (χ0n) is 19.4. The van der Waals surface area contributed by atoms with E-state index in [4.69, 9.17) is 4.98 Å². The number of nitrogens with one attached hydrogen (secondary N) is 2. The highest BCUT2D eigenvalue weighted by molar-refractivity contribution is 14.0. The summed E-state index contributed by atoms with van der Waals surface area (Å²) >= 11 is 0. The molecule has 32 heavy (non-hydrogen) atoms. The van der Waals surface area contributed by atoms with Gasteiger partial charge in [-0.25, -0.2) is 4.98 Å². The van der Waals surface area contributed by atoms with Crippen molar-refractivity contribution in [3.8, 4) is 0 Å². The predicted octanol–water partition coefficient (Wildman–Crippen LogP) is 3.54. The Bertz CT molecular complexity index is 741. The number of aromatic nitrogens is 1. The van der Waals surface area contributed by atoms with E-state index in [1.165, 1.54) is 38.5 Å². The second-order valence-electron chi connectivity index (χ2n) is 9.25. The Morgan fingerprint density at radius 1 is 1.06 bits per heavy atom. The van der Waals surface area contributed by atoms with Crippen molar-refractivity contribution in [2.45, 2.75) is 70.4 Å². The summed E-state index contributed by atoms with van der Waals surface area (Å²) in [4.78, 5) is 26.2. The second kappa shape index (κ2) is 12.6. The van der Waals surface area contributed by atoms with Crippen LogP contribution in [0.2, 0.25) is 0 Å². The summed E-state index contributed by atoms with van der Waals surface area (Å²) in [6, 6.07) is 4.56. The molecule has 3 fully saturated rings. The summed E-state index contributed by atoms with van der Waals surface area (Å²) in [5.74, 6) is 2.50. The maximum absolute atomic E-state index is 12.7. The Morgan fingerprint density at radius 2 is 1.81 bits per heavy atom. The van der Waals surface area contributed by atoms with Crippen molar-refractivity contribution in [1.82, 2.24) is 20.5 Å². The summed E-state index contributed by atoms with van der Waals surface area (Å²) in [5.41, 5.74) is 1.14. The predicted molar refractivity (Wildman–Crippen MR) is 141 cm³/mol. The van der Waals surface area contributed by atoms with Gasteiger partial charge in [0.15, 0.2) is 5.96 Å². The van der Waals surface area contributed by atoms with Gasteiger partial charge in [-0.1, -0.05) is 31.7 Å². The van der Waals surface area contributed by atoms with E-state index in [0.717, 1.165) is 62.8 Å². The van der Waals surface area contributed by atoms with Gasteiger partial charge in [0.1, 0.15) is 5.82 Å². The van der Waals surface area contributed by atoms with Crippen LogP contribution >= 0.6 is 24.0 Å². The molecule has 3 heterocycles. The number of pyridine rings is 1. The van der Waals surface area contributed by atoms with Gasteiger partial charge in [0.05, 0.1) is 0 Å². The molecule has 1 amide bonds. The molecule has 1 aromatic heterocycles. The molecule has 1 unspecified atom stereocenters. The number of nitrogens with zero attached hydrogens (tertiary/aromatic N) is 4. The van der Waals surface area contributed by atoms with Crippen LogP contribution in [0.4, 0.5) is 5.82 Å². The molecule has 0 spiro atoms. The number of carbonyl (C=O) groups excluding carboxylic acids is 1. The fourth-order valence-corrected chi connectivity index (χ4v) is 5.09. The summed E-state index contributed by atoms with van der Waals surface area (Å²) in [6.45, 7) is 4.55. The highest BCUT2D eigenvalue weighted by atomic mass is 127. The number of guanidine groups is 1. The third kappa shape index (κ3) is 6.71. The number of hydrogen-bond donors (Lipinski definition) is 2. The Morgan fingerprint density at radius 3 is 2.47 bits per heavy atom. The average Bonchev–Trinajstić information content (AvgIpc) is 3.43. The number of likely N-dealkylation sites (tertiary alicyclic amines) is 1. The third-order valence-electron chi connectivity index (χ3n) is 6.97. The van der Waals surface area contributed by atoms with Gasteiger partial charge >= 0.3 is 0 Å². The Balaban J connectivity index is 0.00000289. The maximum atomic E-state index is 12.7. The lowest BCUT2D eigenvalue weighted by atomic mass is 10.1. The molecule has 3 aliphatic rings. The molecular formula is C24H39IN6O. The molecule has 2 N–H and O–H groups in total. The van der Waals surface area contributed by atoms with Crippen LogP contribution in [0.25, 0.3) is 0 Å². The fourth-order valence-electron chi connectivity index (χ4n) is 5.09. The van der Waals surface area contributed by atoms with Crippen LogP contribution in [-0.4, -0.2) is 61.0 Å². The Labute approximate surface area is 209 Å². The number of amides is 1. The lowest BCUT2D eigenvalue weighted by Gasteiger charge is -2.22. The van der Waals surface area contributed by atoms with Gasteiger partial charge in [0, 0.05) is 57.9 Å². The molecule has 7 nitrogen and oxygen atoms in total. The summed E-state index contributed by atoms with van der Waals surface area (Å²) in [7, 11) is 1.80. The monoisotopic (exact) mass is 554 g/mol. The summed E-state index contributed by atoms with van der Waals surface area (Å²) < 4.78 is 0. The highest BCUT2D eigenvalue weighted by Crippen LogP contribution is 2.27. The minimum atomic E-state index is 0. The lowest BCUT2D eigenvalue weighted by molar-refractivity contribution is -0.134. The van der Waals surface area contributed by atoms with Gasteiger partial charge in [-0.3, -0.25) is 9.79 Å². The van der Waals surface area contributed by atoms with Gasteiger partial charge in [-0.2, -0.15) is 0 Å². The molecule has 8 heteroatoms. The SMILES string of the molecule is CN=C(NCc1ccc(N2CCCCCC2)nc1)NC1CCN(C(=O)C2CCCC2)C1.I. The minimum absolute atomic E-state index is 0. The third-order valence-corrected chi connectivity index (χ3v) is 6.97. The smallest absolute Gasteiger partial charge is 0.225 e. The van der Waals surface area contributed by atoms with E-state index in [2.05, 4.69) is 32.7 Å². The highest BCUT2D eigenvalue weighted by Gasteiger charge is 2.32. The van der Waals surface area contributed by atoms with E-state index in [9.17, 15) is 4.79 Å². The van der Waals surface area contributed by atoms with Crippen LogP contribution < -0.4 is 15.5 Å². The van der Waals surface area contributed by atoms with E-state index >= 15 is 0 Å². The fraction of sp³-hybridized carbons (Fsp3) is 0.708. The van der Waals surface area contributed by atoms with Crippen molar-refractivity contribution >= 4 is 41.7 Å². The quantitative estimate of drug-likeness (QED) is 0.331. The number of anilines is 1. The van der Waals surface area contributed by atoms with Gasteiger partial charge in [0.25, 0.3) is 0 Å². The lowest BCUT2D eigenvalue weighted by Crippen LogP contribution is -2.45. The van der Waals surface area contributed by atoms with Crippen molar-refractivity contribution in [2.24, 2.45) is 10.9 Å². The second-order valence-corrected chi connectivity index (χ2v) is 9.25. The van der Waals surface area contributed by atoms with Crippen molar-refractivity contribution in [1.29, 1.82) is 0 Å². The largest absolute Gasteiger partial charge is 0.357 e. The molecule has 0 aromatic carbocycles. The molecule has 178 valence electrons. The maximum Gasteiger partial charge on any atom is 0.225 e. The van der Waals surface area contributed by atoms with E-state index in [-0.39, 0.29) is 35.9 Å². The first-order chi connectivity index (χ1) is 15.2. The average molecular weight is 555 g/mol. The van der Waals surface area contributed by atoms with E-state index in [1.807, 2.05) is 11.1 Å². The zero-order chi connectivity index (χ0) is 21.5. The molecule has 1 saturated carbocycles.